The van der Waals surface area contributed by atoms with Gasteiger partial charge in [0.15, 0.2) is 0 Å². The quantitative estimate of drug-likeness (QED) is 0.739. The van der Waals surface area contributed by atoms with E-state index in [1.807, 2.05) is 0 Å². The molecule has 2 fully saturated rings. The summed E-state index contributed by atoms with van der Waals surface area (Å²) in [6, 6.07) is 4.79. The summed E-state index contributed by atoms with van der Waals surface area (Å²) in [6.45, 7) is -3.03. The van der Waals surface area contributed by atoms with Crippen LogP contribution in [0.15, 0.2) is 18.2 Å². The minimum Gasteiger partial charge on any atom is -0.433 e. The van der Waals surface area contributed by atoms with Crippen molar-refractivity contribution in [2.75, 3.05) is 18.0 Å². The highest BCUT2D eigenvalue weighted by Gasteiger charge is 2.49. The second-order valence-electron chi connectivity index (χ2n) is 7.55. The minimum absolute atomic E-state index is 0.0618. The van der Waals surface area contributed by atoms with E-state index in [1.54, 1.807) is 12.1 Å². The molecule has 4 rings (SSSR count). The van der Waals surface area contributed by atoms with E-state index in [4.69, 9.17) is 0 Å². The Bertz CT molecular complexity index is 789. The molecule has 6 nitrogen and oxygen atoms in total. The summed E-state index contributed by atoms with van der Waals surface area (Å²) in [5.74, 6) is -1.71. The van der Waals surface area contributed by atoms with Crippen molar-refractivity contribution < 1.29 is 27.9 Å². The van der Waals surface area contributed by atoms with E-state index < -0.39 is 12.5 Å². The van der Waals surface area contributed by atoms with Gasteiger partial charge in [-0.05, 0) is 37.3 Å². The molecule has 0 spiro atoms. The Labute approximate surface area is 161 Å². The Hall–Kier alpha value is -2.51. The average molecular weight is 392 g/mol. The Morgan fingerprint density at radius 1 is 1.11 bits per heavy atom. The van der Waals surface area contributed by atoms with E-state index in [2.05, 4.69) is 4.74 Å². The van der Waals surface area contributed by atoms with Crippen molar-refractivity contribution in [3.63, 3.8) is 0 Å². The normalized spacial score (nSPS) is 24.4. The second kappa shape index (κ2) is 7.48. The van der Waals surface area contributed by atoms with E-state index in [1.165, 1.54) is 11.0 Å². The molecule has 1 aromatic carbocycles. The predicted molar refractivity (Wildman–Crippen MR) is 95.9 cm³/mol. The average Bonchev–Trinajstić information content (AvgIpc) is 2.92. The van der Waals surface area contributed by atoms with Crippen LogP contribution in [-0.4, -0.2) is 42.3 Å². The number of carbonyl (C=O) groups excluding carboxylic acids is 3. The van der Waals surface area contributed by atoms with Crippen molar-refractivity contribution in [3.8, 4) is 5.75 Å². The van der Waals surface area contributed by atoms with Crippen LogP contribution in [0.4, 0.5) is 14.5 Å². The molecule has 2 unspecified atom stereocenters. The van der Waals surface area contributed by atoms with E-state index in [0.29, 0.717) is 37.9 Å². The number of amides is 3. The van der Waals surface area contributed by atoms with Gasteiger partial charge in [0.05, 0.1) is 17.5 Å². The summed E-state index contributed by atoms with van der Waals surface area (Å²) in [7, 11) is 0. The molecule has 0 bridgehead atoms. The number of alkyl halides is 2. The molecule has 8 heteroatoms. The molecule has 1 aromatic rings. The van der Waals surface area contributed by atoms with Crippen LogP contribution in [0.3, 0.4) is 0 Å². The molecule has 1 aliphatic carbocycles. The number of nitrogens with zero attached hydrogens (tertiary/aromatic N) is 2. The van der Waals surface area contributed by atoms with E-state index in [0.717, 1.165) is 23.3 Å². The summed E-state index contributed by atoms with van der Waals surface area (Å²) in [6.07, 6.45) is 4.50. The van der Waals surface area contributed by atoms with Crippen LogP contribution in [0.2, 0.25) is 0 Å². The van der Waals surface area contributed by atoms with E-state index >= 15 is 0 Å². The summed E-state index contributed by atoms with van der Waals surface area (Å²) >= 11 is 0. The van der Waals surface area contributed by atoms with Gasteiger partial charge in [0.1, 0.15) is 12.3 Å². The van der Waals surface area contributed by atoms with Gasteiger partial charge in [-0.3, -0.25) is 19.3 Å². The zero-order chi connectivity index (χ0) is 19.8. The number of hydrogen-bond acceptors (Lipinski definition) is 4. The highest BCUT2D eigenvalue weighted by atomic mass is 19.3. The van der Waals surface area contributed by atoms with Crippen LogP contribution >= 0.6 is 0 Å². The molecule has 2 aliphatic heterocycles. The smallest absolute Gasteiger partial charge is 0.387 e. The number of ether oxygens (including phenoxy) is 1. The molecule has 0 N–H and O–H groups in total. The number of anilines is 1. The maximum absolute atomic E-state index is 13.0. The minimum atomic E-state index is -3.00. The summed E-state index contributed by atoms with van der Waals surface area (Å²) < 4.78 is 30.2. The first-order chi connectivity index (χ1) is 13.5. The van der Waals surface area contributed by atoms with Crippen molar-refractivity contribution in [2.45, 2.75) is 45.1 Å². The van der Waals surface area contributed by atoms with Gasteiger partial charge in [-0.15, -0.1) is 0 Å². The monoisotopic (exact) mass is 392 g/mol. The van der Waals surface area contributed by atoms with E-state index in [9.17, 15) is 23.2 Å². The predicted octanol–water partition coefficient (Wildman–Crippen LogP) is 2.74. The van der Waals surface area contributed by atoms with Gasteiger partial charge in [0, 0.05) is 6.54 Å². The lowest BCUT2D eigenvalue weighted by Crippen LogP contribution is -2.45. The lowest BCUT2D eigenvalue weighted by atomic mass is 9.81. The van der Waals surface area contributed by atoms with Gasteiger partial charge in [-0.2, -0.15) is 8.78 Å². The Morgan fingerprint density at radius 3 is 2.43 bits per heavy atom. The fraction of sp³-hybridized carbons (Fsp3) is 0.550. The number of carbonyl (C=O) groups is 3. The highest BCUT2D eigenvalue weighted by molar-refractivity contribution is 6.09. The lowest BCUT2D eigenvalue weighted by Gasteiger charge is -2.32. The first kappa shape index (κ1) is 18.8. The van der Waals surface area contributed by atoms with Crippen molar-refractivity contribution in [1.82, 2.24) is 4.90 Å². The summed E-state index contributed by atoms with van der Waals surface area (Å²) in [5, 5.41) is 0. The van der Waals surface area contributed by atoms with Gasteiger partial charge in [-0.1, -0.05) is 25.0 Å². The Morgan fingerprint density at radius 2 is 1.79 bits per heavy atom. The summed E-state index contributed by atoms with van der Waals surface area (Å²) in [4.78, 5) is 40.7. The molecule has 0 radical (unpaired) electrons. The fourth-order valence-electron chi connectivity index (χ4n) is 4.66. The van der Waals surface area contributed by atoms with Gasteiger partial charge in [-0.25, -0.2) is 0 Å². The molecule has 28 heavy (non-hydrogen) atoms. The zero-order valence-electron chi connectivity index (χ0n) is 15.4. The number of halogens is 2. The lowest BCUT2D eigenvalue weighted by molar-refractivity contribution is -0.143. The third kappa shape index (κ3) is 3.25. The van der Waals surface area contributed by atoms with Crippen molar-refractivity contribution >= 4 is 23.4 Å². The number of imide groups is 1. The Kier molecular flexibility index (Phi) is 5.03. The molecule has 1 saturated carbocycles. The zero-order valence-corrected chi connectivity index (χ0v) is 15.4. The fourth-order valence-corrected chi connectivity index (χ4v) is 4.66. The largest absolute Gasteiger partial charge is 0.433 e. The number of hydrogen-bond donors (Lipinski definition) is 0. The number of likely N-dealkylation sites (tertiary alicyclic amines) is 1. The second-order valence-corrected chi connectivity index (χ2v) is 7.55. The standard InChI is InChI=1S/C20H22F2N2O4/c21-20(22)28-15-9-3-5-12-6-4-10-23(17(12)15)16(25)11-24-18(26)13-7-1-2-8-14(13)19(24)27/h3,5,9,13-14,20H,1-2,4,6-8,10-11H2. The molecule has 3 aliphatic rings. The molecule has 0 aromatic heterocycles. The van der Waals surface area contributed by atoms with Crippen LogP contribution in [0.25, 0.3) is 0 Å². The molecular weight excluding hydrogens is 370 g/mol. The van der Waals surface area contributed by atoms with Crippen molar-refractivity contribution in [3.05, 3.63) is 23.8 Å². The van der Waals surface area contributed by atoms with Crippen LogP contribution < -0.4 is 9.64 Å². The first-order valence-electron chi connectivity index (χ1n) is 9.69. The molecular formula is C20H22F2N2O4. The number of fused-ring (bicyclic) bond motifs is 2. The molecule has 3 amide bonds. The van der Waals surface area contributed by atoms with Crippen LogP contribution in [0.1, 0.15) is 37.7 Å². The van der Waals surface area contributed by atoms with Crippen LogP contribution in [-0.2, 0) is 20.8 Å². The SMILES string of the molecule is O=C1C2CCCCC2C(=O)N1CC(=O)N1CCCc2cccc(OC(F)F)c21. The maximum atomic E-state index is 13.0. The number of aryl methyl sites for hydroxylation is 1. The molecule has 2 atom stereocenters. The van der Waals surface area contributed by atoms with Crippen LogP contribution in [0.5, 0.6) is 5.75 Å². The van der Waals surface area contributed by atoms with Crippen LogP contribution in [0, 0.1) is 11.8 Å². The first-order valence-corrected chi connectivity index (χ1v) is 9.69. The molecule has 2 heterocycles. The van der Waals surface area contributed by atoms with Gasteiger partial charge in [0.25, 0.3) is 0 Å². The van der Waals surface area contributed by atoms with Gasteiger partial charge >= 0.3 is 6.61 Å². The topological polar surface area (TPSA) is 66.9 Å². The number of rotatable bonds is 4. The third-order valence-electron chi connectivity index (χ3n) is 5.92. The number of para-hydroxylation sites is 1. The highest BCUT2D eigenvalue weighted by Crippen LogP contribution is 2.39. The maximum Gasteiger partial charge on any atom is 0.387 e. The van der Waals surface area contributed by atoms with Crippen molar-refractivity contribution in [1.29, 1.82) is 0 Å². The van der Waals surface area contributed by atoms with Crippen molar-refractivity contribution in [2.24, 2.45) is 11.8 Å². The van der Waals surface area contributed by atoms with Gasteiger partial charge < -0.3 is 9.64 Å². The van der Waals surface area contributed by atoms with E-state index in [-0.39, 0.29) is 35.9 Å². The molecule has 1 saturated heterocycles. The summed E-state index contributed by atoms with van der Waals surface area (Å²) in [5.41, 5.74) is 1.06. The number of benzene rings is 1. The molecule has 150 valence electrons. The Balaban J connectivity index is 1.57. The van der Waals surface area contributed by atoms with Gasteiger partial charge in [0.2, 0.25) is 17.7 Å². The third-order valence-corrected chi connectivity index (χ3v) is 5.92.